The van der Waals surface area contributed by atoms with Gasteiger partial charge >= 0.3 is 0 Å². The van der Waals surface area contributed by atoms with Gasteiger partial charge in [0.05, 0.1) is 10.5 Å². The molecule has 1 aliphatic heterocycles. The summed E-state index contributed by atoms with van der Waals surface area (Å²) in [5, 5.41) is 2.89. The van der Waals surface area contributed by atoms with Crippen LogP contribution in [-0.2, 0) is 10.0 Å². The van der Waals surface area contributed by atoms with Crippen molar-refractivity contribution in [2.24, 2.45) is 5.92 Å². The zero-order chi connectivity index (χ0) is 21.0. The molecule has 29 heavy (non-hydrogen) atoms. The number of nitrogens with zero attached hydrogens (tertiary/aromatic N) is 1. The molecule has 1 saturated carbocycles. The number of rotatable bonds is 7. The van der Waals surface area contributed by atoms with Crippen LogP contribution in [0.1, 0.15) is 62.7 Å². The molecule has 162 valence electrons. The highest BCUT2D eigenvalue weighted by atomic mass is 32.2. The van der Waals surface area contributed by atoms with Crippen LogP contribution in [0.2, 0.25) is 0 Å². The number of amides is 1. The highest BCUT2D eigenvalue weighted by Crippen LogP contribution is 2.26. The maximum Gasteiger partial charge on any atom is 0.254 e. The summed E-state index contributed by atoms with van der Waals surface area (Å²) in [6, 6.07) is 3.02. The second-order valence-corrected chi connectivity index (χ2v) is 10.3. The molecule has 0 unspecified atom stereocenters. The lowest BCUT2D eigenvalue weighted by Gasteiger charge is -2.33. The van der Waals surface area contributed by atoms with E-state index in [-0.39, 0.29) is 22.5 Å². The van der Waals surface area contributed by atoms with Gasteiger partial charge in [0.25, 0.3) is 5.91 Å². The van der Waals surface area contributed by atoms with Crippen molar-refractivity contribution in [1.29, 1.82) is 0 Å². The molecule has 1 aliphatic carbocycles. The Morgan fingerprint density at radius 2 is 1.83 bits per heavy atom. The van der Waals surface area contributed by atoms with Gasteiger partial charge in [-0.2, -0.15) is 0 Å². The van der Waals surface area contributed by atoms with Crippen molar-refractivity contribution in [3.63, 3.8) is 0 Å². The molecule has 2 aliphatic rings. The SMILES string of the molecule is CC(C)NS(=O)(=O)c1ccc(F)c(C(=O)NC2CCN(CC3CCCC3)CC2)c1. The molecule has 0 aromatic heterocycles. The molecule has 1 amide bonds. The molecule has 0 spiro atoms. The number of nitrogens with one attached hydrogen (secondary N) is 2. The lowest BCUT2D eigenvalue weighted by atomic mass is 10.0. The number of hydrogen-bond acceptors (Lipinski definition) is 4. The molecule has 1 saturated heterocycles. The smallest absolute Gasteiger partial charge is 0.254 e. The standard InChI is InChI=1S/C21H32FN3O3S/c1-15(2)24-29(27,28)18-7-8-20(22)19(13-18)21(26)23-17-9-11-25(12-10-17)14-16-5-3-4-6-16/h7-8,13,15-17,24H,3-6,9-12,14H2,1-2H3,(H,23,26). The van der Waals surface area contributed by atoms with Crippen molar-refractivity contribution in [3.05, 3.63) is 29.6 Å². The topological polar surface area (TPSA) is 78.5 Å². The van der Waals surface area contributed by atoms with Crippen molar-refractivity contribution in [3.8, 4) is 0 Å². The van der Waals surface area contributed by atoms with E-state index in [2.05, 4.69) is 14.9 Å². The molecule has 2 N–H and O–H groups in total. The van der Waals surface area contributed by atoms with Gasteiger partial charge in [0, 0.05) is 31.7 Å². The maximum absolute atomic E-state index is 14.2. The van der Waals surface area contributed by atoms with Gasteiger partial charge in [-0.15, -0.1) is 0 Å². The van der Waals surface area contributed by atoms with Crippen LogP contribution >= 0.6 is 0 Å². The van der Waals surface area contributed by atoms with E-state index >= 15 is 0 Å². The fraction of sp³-hybridized carbons (Fsp3) is 0.667. The summed E-state index contributed by atoms with van der Waals surface area (Å²) in [4.78, 5) is 15.0. The van der Waals surface area contributed by atoms with Gasteiger partial charge in [-0.25, -0.2) is 17.5 Å². The summed E-state index contributed by atoms with van der Waals surface area (Å²) < 4.78 is 41.3. The number of piperidine rings is 1. The number of likely N-dealkylation sites (tertiary alicyclic amines) is 1. The second kappa shape index (κ2) is 9.53. The minimum atomic E-state index is -3.79. The Morgan fingerprint density at radius 3 is 2.45 bits per heavy atom. The van der Waals surface area contributed by atoms with Gasteiger partial charge in [0.2, 0.25) is 10.0 Å². The number of sulfonamides is 1. The number of carbonyl (C=O) groups is 1. The second-order valence-electron chi connectivity index (χ2n) is 8.62. The Kier molecular flexibility index (Phi) is 7.29. The Hall–Kier alpha value is -1.51. The molecule has 0 bridgehead atoms. The van der Waals surface area contributed by atoms with Crippen molar-refractivity contribution in [2.75, 3.05) is 19.6 Å². The van der Waals surface area contributed by atoms with Gasteiger partial charge < -0.3 is 10.2 Å². The molecule has 2 fully saturated rings. The van der Waals surface area contributed by atoms with Crippen LogP contribution in [-0.4, -0.2) is 50.9 Å². The summed E-state index contributed by atoms with van der Waals surface area (Å²) in [6.07, 6.45) is 6.97. The molecule has 1 aromatic rings. The summed E-state index contributed by atoms with van der Waals surface area (Å²) in [5.74, 6) is -0.470. The van der Waals surface area contributed by atoms with Crippen LogP contribution in [0.25, 0.3) is 0 Å². The molecule has 0 radical (unpaired) electrons. The first-order valence-corrected chi connectivity index (χ1v) is 12.1. The van der Waals surface area contributed by atoms with Crippen LogP contribution in [0.4, 0.5) is 4.39 Å². The van der Waals surface area contributed by atoms with E-state index in [1.807, 2.05) is 0 Å². The number of benzene rings is 1. The van der Waals surface area contributed by atoms with Crippen molar-refractivity contribution in [1.82, 2.24) is 14.9 Å². The van der Waals surface area contributed by atoms with Gasteiger partial charge in [0.1, 0.15) is 5.82 Å². The van der Waals surface area contributed by atoms with Crippen molar-refractivity contribution < 1.29 is 17.6 Å². The summed E-state index contributed by atoms with van der Waals surface area (Å²) in [6.45, 7) is 6.40. The van der Waals surface area contributed by atoms with E-state index in [0.717, 1.165) is 50.5 Å². The summed E-state index contributed by atoms with van der Waals surface area (Å²) in [7, 11) is -3.79. The zero-order valence-electron chi connectivity index (χ0n) is 17.3. The van der Waals surface area contributed by atoms with E-state index < -0.39 is 21.7 Å². The van der Waals surface area contributed by atoms with Crippen LogP contribution in [0.3, 0.4) is 0 Å². The van der Waals surface area contributed by atoms with E-state index in [0.29, 0.717) is 0 Å². The third-order valence-corrected chi connectivity index (χ3v) is 7.45. The molecule has 3 rings (SSSR count). The first-order chi connectivity index (χ1) is 13.7. The minimum Gasteiger partial charge on any atom is -0.349 e. The Labute approximate surface area is 173 Å². The summed E-state index contributed by atoms with van der Waals surface area (Å²) in [5.41, 5.74) is -0.231. The number of carbonyl (C=O) groups excluding carboxylic acids is 1. The van der Waals surface area contributed by atoms with Crippen LogP contribution in [0.5, 0.6) is 0 Å². The fourth-order valence-corrected chi connectivity index (χ4v) is 5.58. The third kappa shape index (κ3) is 5.99. The predicted octanol–water partition coefficient (Wildman–Crippen LogP) is 2.90. The normalized spacial score (nSPS) is 19.7. The maximum atomic E-state index is 14.2. The third-order valence-electron chi connectivity index (χ3n) is 5.80. The fourth-order valence-electron chi connectivity index (χ4n) is 4.30. The van der Waals surface area contributed by atoms with Gasteiger partial charge in [-0.05, 0) is 63.6 Å². The van der Waals surface area contributed by atoms with E-state index in [1.54, 1.807) is 13.8 Å². The number of halogens is 1. The monoisotopic (exact) mass is 425 g/mol. The lowest BCUT2D eigenvalue weighted by Crippen LogP contribution is -2.45. The van der Waals surface area contributed by atoms with Gasteiger partial charge in [0.15, 0.2) is 0 Å². The van der Waals surface area contributed by atoms with Gasteiger partial charge in [-0.3, -0.25) is 4.79 Å². The summed E-state index contributed by atoms with van der Waals surface area (Å²) >= 11 is 0. The van der Waals surface area contributed by atoms with Crippen LogP contribution in [0, 0.1) is 11.7 Å². The Morgan fingerprint density at radius 1 is 1.17 bits per heavy atom. The Balaban J connectivity index is 1.58. The first-order valence-electron chi connectivity index (χ1n) is 10.6. The molecular weight excluding hydrogens is 393 g/mol. The highest BCUT2D eigenvalue weighted by molar-refractivity contribution is 7.89. The van der Waals surface area contributed by atoms with Crippen LogP contribution in [0.15, 0.2) is 23.1 Å². The van der Waals surface area contributed by atoms with E-state index in [9.17, 15) is 17.6 Å². The van der Waals surface area contributed by atoms with Crippen molar-refractivity contribution in [2.45, 2.75) is 69.4 Å². The minimum absolute atomic E-state index is 0.0178. The number of hydrogen-bond donors (Lipinski definition) is 2. The predicted molar refractivity (Wildman–Crippen MR) is 111 cm³/mol. The zero-order valence-corrected chi connectivity index (χ0v) is 18.1. The Bertz CT molecular complexity index is 814. The molecule has 8 heteroatoms. The van der Waals surface area contributed by atoms with E-state index in [4.69, 9.17) is 0 Å². The molecule has 6 nitrogen and oxygen atoms in total. The van der Waals surface area contributed by atoms with Crippen LogP contribution < -0.4 is 10.0 Å². The van der Waals surface area contributed by atoms with E-state index in [1.165, 1.54) is 31.7 Å². The molecule has 1 heterocycles. The highest BCUT2D eigenvalue weighted by Gasteiger charge is 2.26. The lowest BCUT2D eigenvalue weighted by molar-refractivity contribution is 0.0901. The van der Waals surface area contributed by atoms with Crippen molar-refractivity contribution >= 4 is 15.9 Å². The largest absolute Gasteiger partial charge is 0.349 e. The molecule has 1 aromatic carbocycles. The molecule has 0 atom stereocenters. The first kappa shape index (κ1) is 22.2. The molecular formula is C21H32FN3O3S. The van der Waals surface area contributed by atoms with Gasteiger partial charge in [-0.1, -0.05) is 12.8 Å². The quantitative estimate of drug-likeness (QED) is 0.704. The average Bonchev–Trinajstić information content (AvgIpc) is 3.15. The average molecular weight is 426 g/mol.